The van der Waals surface area contributed by atoms with Crippen LogP contribution >= 0.6 is 0 Å². The van der Waals surface area contributed by atoms with Gasteiger partial charge in [-0.15, -0.1) is 0 Å². The molecule has 1 fully saturated rings. The Morgan fingerprint density at radius 1 is 1.02 bits per heavy atom. The fourth-order valence-electron chi connectivity index (χ4n) is 6.57. The highest BCUT2D eigenvalue weighted by molar-refractivity contribution is 6.25. The van der Waals surface area contributed by atoms with Gasteiger partial charge in [0, 0.05) is 12.5 Å². The van der Waals surface area contributed by atoms with Crippen molar-refractivity contribution in [2.45, 2.75) is 24.3 Å². The molecule has 1 saturated carbocycles. The number of aliphatic hydroxyl groups excluding tert-OH is 3. The van der Waals surface area contributed by atoms with E-state index in [1.807, 2.05) is 43.3 Å². The summed E-state index contributed by atoms with van der Waals surface area (Å²) in [7, 11) is 6.82. The molecule has 0 spiro atoms. The zero-order valence-corrected chi connectivity index (χ0v) is 23.6. The molecule has 2 aromatic rings. The van der Waals surface area contributed by atoms with Gasteiger partial charge in [0.2, 0.25) is 5.78 Å². The minimum Gasteiger partial charge on any atom is -0.508 e. The third kappa shape index (κ3) is 4.16. The minimum absolute atomic E-state index is 0.100. The number of primary amides is 1. The van der Waals surface area contributed by atoms with Gasteiger partial charge in [0.15, 0.2) is 11.4 Å². The summed E-state index contributed by atoms with van der Waals surface area (Å²) in [5.41, 5.74) is 3.25. The van der Waals surface area contributed by atoms with E-state index >= 15 is 0 Å². The third-order valence-corrected chi connectivity index (χ3v) is 8.33. The van der Waals surface area contributed by atoms with E-state index in [4.69, 9.17) is 5.73 Å². The number of nitrogens with zero attached hydrogens (tertiary/aromatic N) is 2. The van der Waals surface area contributed by atoms with Gasteiger partial charge < -0.3 is 36.2 Å². The first-order valence-electron chi connectivity index (χ1n) is 13.3. The predicted molar refractivity (Wildman–Crippen MR) is 154 cm³/mol. The first-order valence-corrected chi connectivity index (χ1v) is 13.3. The largest absolute Gasteiger partial charge is 0.508 e. The molecule has 3 aliphatic carbocycles. The second-order valence-electron chi connectivity index (χ2n) is 11.5. The molecule has 11 heteroatoms. The van der Waals surface area contributed by atoms with Crippen molar-refractivity contribution >= 4 is 34.9 Å². The highest BCUT2D eigenvalue weighted by Crippen LogP contribution is 2.56. The first-order chi connectivity index (χ1) is 19.7. The van der Waals surface area contributed by atoms with Gasteiger partial charge in [0.1, 0.15) is 22.8 Å². The smallest absolute Gasteiger partial charge is 0.255 e. The number of ketones is 2. The van der Waals surface area contributed by atoms with E-state index in [2.05, 4.69) is 0 Å². The van der Waals surface area contributed by atoms with Crippen molar-refractivity contribution in [3.05, 3.63) is 81.6 Å². The fourth-order valence-corrected chi connectivity index (χ4v) is 6.57. The number of hydrogen-bond donors (Lipinski definition) is 6. The first kappa shape index (κ1) is 29.2. The summed E-state index contributed by atoms with van der Waals surface area (Å²) in [5, 5.41) is 57.1. The lowest BCUT2D eigenvalue weighted by molar-refractivity contribution is -0.166. The molecular formula is C31H33N3O8. The normalized spacial score (nSPS) is 28.3. The average molecular weight is 576 g/mol. The maximum Gasteiger partial charge on any atom is 0.255 e. The number of nitrogens with two attached hydrogens (primary N) is 1. The van der Waals surface area contributed by atoms with Crippen molar-refractivity contribution in [2.75, 3.05) is 28.2 Å². The molecule has 3 unspecified atom stereocenters. The van der Waals surface area contributed by atoms with Gasteiger partial charge in [-0.1, -0.05) is 42.5 Å². The summed E-state index contributed by atoms with van der Waals surface area (Å²) < 4.78 is 0. The number of carbonyl (C=O) groups excluding carboxylic acids is 3. The molecule has 0 aromatic heterocycles. The highest BCUT2D eigenvalue weighted by atomic mass is 16.4. The molecule has 7 N–H and O–H groups in total. The van der Waals surface area contributed by atoms with Crippen molar-refractivity contribution < 1.29 is 39.9 Å². The maximum absolute atomic E-state index is 14.2. The summed E-state index contributed by atoms with van der Waals surface area (Å²) in [6.45, 7) is 0.703. The lowest BCUT2D eigenvalue weighted by atomic mass is 9.55. The molecule has 0 bridgehead atoms. The molecule has 3 aliphatic rings. The van der Waals surface area contributed by atoms with E-state index < -0.39 is 69.7 Å². The summed E-state index contributed by atoms with van der Waals surface area (Å²) >= 11 is 0. The second kappa shape index (κ2) is 10.2. The van der Waals surface area contributed by atoms with E-state index in [0.29, 0.717) is 23.2 Å². The number of phenolic OH excluding ortho intramolecular Hbond substituents is 1. The summed E-state index contributed by atoms with van der Waals surface area (Å²) in [4.78, 5) is 43.2. The van der Waals surface area contributed by atoms with E-state index in [0.717, 1.165) is 5.56 Å². The molecule has 220 valence electrons. The summed E-state index contributed by atoms with van der Waals surface area (Å²) in [5.74, 6) is -8.81. The van der Waals surface area contributed by atoms with Crippen LogP contribution in [0.2, 0.25) is 0 Å². The van der Waals surface area contributed by atoms with Crippen LogP contribution in [0.5, 0.6) is 5.75 Å². The molecule has 11 nitrogen and oxygen atoms in total. The molecule has 0 aliphatic heterocycles. The minimum atomic E-state index is -2.98. The van der Waals surface area contributed by atoms with Crippen molar-refractivity contribution in [1.82, 2.24) is 9.80 Å². The molecule has 0 heterocycles. The average Bonchev–Trinajstić information content (AvgIpc) is 2.90. The number of phenols is 1. The molecule has 1 amide bonds. The Kier molecular flexibility index (Phi) is 7.10. The summed E-state index contributed by atoms with van der Waals surface area (Å²) in [6, 6.07) is 10.6. The summed E-state index contributed by atoms with van der Waals surface area (Å²) in [6.07, 6.45) is -0.0252. The zero-order valence-electron chi connectivity index (χ0n) is 23.6. The number of fused-ring (bicyclic) bond motifs is 3. The molecule has 5 rings (SSSR count). The molecule has 2 aromatic carbocycles. The molecular weight excluding hydrogens is 542 g/mol. The van der Waals surface area contributed by atoms with Gasteiger partial charge >= 0.3 is 0 Å². The number of carbonyl (C=O) groups is 3. The number of Topliss-reactive ketones (excluding diaryl/α,β-unsaturated/α-hetero) is 2. The van der Waals surface area contributed by atoms with Crippen LogP contribution in [0.4, 0.5) is 0 Å². The number of amides is 1. The fraction of sp³-hybridized carbons (Fsp3) is 0.323. The lowest BCUT2D eigenvalue weighted by Gasteiger charge is -2.53. The molecule has 5 atom stereocenters. The van der Waals surface area contributed by atoms with Crippen LogP contribution in [0.1, 0.15) is 22.3 Å². The Morgan fingerprint density at radius 2 is 1.67 bits per heavy atom. The quantitative estimate of drug-likeness (QED) is 0.281. The van der Waals surface area contributed by atoms with Gasteiger partial charge in [0.25, 0.3) is 5.91 Å². The van der Waals surface area contributed by atoms with Crippen molar-refractivity contribution in [2.24, 2.45) is 17.6 Å². The van der Waals surface area contributed by atoms with Crippen LogP contribution in [-0.2, 0) is 20.9 Å². The Bertz CT molecular complexity index is 1600. The van der Waals surface area contributed by atoms with Crippen LogP contribution in [0, 0.1) is 11.8 Å². The van der Waals surface area contributed by atoms with E-state index in [1.54, 1.807) is 18.2 Å². The van der Waals surface area contributed by atoms with Crippen LogP contribution in [0.3, 0.4) is 0 Å². The number of rotatable bonds is 5. The van der Waals surface area contributed by atoms with Crippen LogP contribution in [0.15, 0.2) is 59.4 Å². The standard InChI is InChI=1S/C31H33N3O8/c1-33(2)13-15-10-8-14(9-11-15)12-17-16-6-5-7-18(35)19(16)25(36)21-20(17)26(37)23-24(34(3)4)27(38)22(30(32)41)29(40)31(23,42)28(21)39/h5-12,20,23-24,26,35-37,40,42H,13H2,1-4H3,(H2,32,41)/b17-12+/t20?,23?,24-,26?,31-/m0/s1. The van der Waals surface area contributed by atoms with E-state index in [-0.39, 0.29) is 11.3 Å². The number of aromatic hydroxyl groups is 1. The Balaban J connectivity index is 1.79. The number of benzene rings is 2. The van der Waals surface area contributed by atoms with Gasteiger partial charge in [-0.05, 0) is 56.5 Å². The number of likely N-dealkylation sites (N-methyl/N-ethyl adjacent to an activating group) is 1. The zero-order chi connectivity index (χ0) is 30.8. The Labute approximate surface area is 242 Å². The van der Waals surface area contributed by atoms with Gasteiger partial charge in [-0.2, -0.15) is 0 Å². The Morgan fingerprint density at radius 3 is 2.24 bits per heavy atom. The Hall–Kier alpha value is -4.29. The predicted octanol–water partition coefficient (Wildman–Crippen LogP) is 0.995. The SMILES string of the molecule is CN(C)Cc1ccc(/C=C2\c3cccc(O)c3C(O)=C3C(=O)[C@]4(O)C(O)=C(C(N)=O)C(=O)[C@@H](N(C)C)C4C(O)C32)cc1. The monoisotopic (exact) mass is 575 g/mol. The van der Waals surface area contributed by atoms with Crippen LogP contribution < -0.4 is 5.73 Å². The molecule has 0 saturated heterocycles. The van der Waals surface area contributed by atoms with Gasteiger partial charge in [-0.3, -0.25) is 19.3 Å². The van der Waals surface area contributed by atoms with Crippen LogP contribution in [-0.4, -0.2) is 98.7 Å². The van der Waals surface area contributed by atoms with Crippen molar-refractivity contribution in [3.8, 4) is 5.75 Å². The lowest BCUT2D eigenvalue weighted by Crippen LogP contribution is -2.70. The highest BCUT2D eigenvalue weighted by Gasteiger charge is 2.68. The van der Waals surface area contributed by atoms with E-state index in [9.17, 15) is 39.9 Å². The van der Waals surface area contributed by atoms with Gasteiger partial charge in [0.05, 0.1) is 29.2 Å². The topological polar surface area (TPSA) is 185 Å². The second-order valence-corrected chi connectivity index (χ2v) is 11.5. The van der Waals surface area contributed by atoms with E-state index in [1.165, 1.54) is 25.1 Å². The third-order valence-electron chi connectivity index (χ3n) is 8.33. The van der Waals surface area contributed by atoms with Gasteiger partial charge in [-0.25, -0.2) is 0 Å². The number of hydrogen-bond acceptors (Lipinski definition) is 10. The van der Waals surface area contributed by atoms with Crippen LogP contribution in [0.25, 0.3) is 17.4 Å². The maximum atomic E-state index is 14.2. The van der Waals surface area contributed by atoms with Crippen molar-refractivity contribution in [3.63, 3.8) is 0 Å². The van der Waals surface area contributed by atoms with Crippen molar-refractivity contribution in [1.29, 1.82) is 0 Å². The molecule has 42 heavy (non-hydrogen) atoms. The number of aliphatic hydroxyl groups is 4. The molecule has 0 radical (unpaired) electrons.